The third-order valence-electron chi connectivity index (χ3n) is 11.0. The third-order valence-corrected chi connectivity index (χ3v) is 11.0. The summed E-state index contributed by atoms with van der Waals surface area (Å²) in [6.07, 6.45) is 0.560. The van der Waals surface area contributed by atoms with Crippen LogP contribution in [0, 0.1) is 36.0 Å². The van der Waals surface area contributed by atoms with Crippen molar-refractivity contribution < 1.29 is 24.6 Å². The van der Waals surface area contributed by atoms with E-state index in [9.17, 15) is 19.8 Å². The fourth-order valence-electron chi connectivity index (χ4n) is 8.08. The van der Waals surface area contributed by atoms with Crippen molar-refractivity contribution in [2.45, 2.75) is 78.3 Å². The number of benzene rings is 2. The van der Waals surface area contributed by atoms with Gasteiger partial charge in [0.05, 0.1) is 30.9 Å². The number of hydrogen-bond acceptors (Lipinski definition) is 7. The molecule has 2 aromatic carbocycles. The molecule has 3 saturated carbocycles. The Morgan fingerprint density at radius 1 is 1.24 bits per heavy atom. The van der Waals surface area contributed by atoms with E-state index in [-0.39, 0.29) is 36.0 Å². The van der Waals surface area contributed by atoms with Crippen LogP contribution in [-0.4, -0.2) is 72.1 Å². The van der Waals surface area contributed by atoms with Gasteiger partial charge in [-0.2, -0.15) is 5.06 Å². The number of amides is 1. The van der Waals surface area contributed by atoms with Crippen LogP contribution >= 0.6 is 0 Å². The van der Waals surface area contributed by atoms with Crippen LogP contribution in [0.15, 0.2) is 41.5 Å². The number of carbonyl (C=O) groups excluding carboxylic acids is 1. The largest absolute Gasteiger partial charge is 0.478 e. The maximum absolute atomic E-state index is 14.1. The highest BCUT2D eigenvalue weighted by Crippen LogP contribution is 2.61. The van der Waals surface area contributed by atoms with Crippen LogP contribution in [0.25, 0.3) is 21.6 Å². The van der Waals surface area contributed by atoms with Crippen molar-refractivity contribution in [3.8, 4) is 11.1 Å². The summed E-state index contributed by atoms with van der Waals surface area (Å²) in [4.78, 5) is 37.2. The lowest BCUT2D eigenvalue weighted by Gasteiger charge is -2.62. The van der Waals surface area contributed by atoms with Crippen molar-refractivity contribution in [1.29, 1.82) is 0 Å². The molecule has 2 bridgehead atoms. The molecule has 1 saturated heterocycles. The monoisotopic (exact) mass is 618 g/mol. The Morgan fingerprint density at radius 3 is 2.58 bits per heavy atom. The molecule has 4 fully saturated rings. The third kappa shape index (κ3) is 6.14. The highest BCUT2D eigenvalue weighted by Gasteiger charge is 2.57. The normalized spacial score (nSPS) is 29.3. The number of nitrogens with zero attached hydrogens (tertiary/aromatic N) is 5. The van der Waals surface area contributed by atoms with Gasteiger partial charge in [0.1, 0.15) is 6.04 Å². The summed E-state index contributed by atoms with van der Waals surface area (Å²) in [6.45, 7) is 10.7. The van der Waals surface area contributed by atoms with Gasteiger partial charge in [-0.25, -0.2) is 4.79 Å². The van der Waals surface area contributed by atoms with Gasteiger partial charge in [-0.1, -0.05) is 44.1 Å². The number of carboxylic acid groups (broad SMARTS) is 1. The molecule has 0 aromatic heterocycles. The first-order valence-electron chi connectivity index (χ1n) is 15.8. The number of nitrogens with one attached hydrogen (secondary N) is 1. The Morgan fingerprint density at radius 2 is 1.98 bits per heavy atom. The molecule has 3 N–H and O–H groups in total. The predicted octanol–water partition coefficient (Wildman–Crippen LogP) is 5.40. The highest BCUT2D eigenvalue weighted by molar-refractivity contribution is 5.91. The second-order valence-corrected chi connectivity index (χ2v) is 14.0. The lowest BCUT2D eigenvalue weighted by Crippen LogP contribution is -2.62. The van der Waals surface area contributed by atoms with Gasteiger partial charge in [-0.15, -0.1) is 0 Å². The van der Waals surface area contributed by atoms with Crippen molar-refractivity contribution in [2.75, 3.05) is 25.5 Å². The Bertz CT molecular complexity index is 1500. The van der Waals surface area contributed by atoms with Crippen molar-refractivity contribution in [1.82, 2.24) is 10.4 Å². The number of hydrogen-bond donors (Lipinski definition) is 3. The van der Waals surface area contributed by atoms with E-state index in [1.807, 2.05) is 50.2 Å². The smallest absolute Gasteiger partial charge is 0.335 e. The zero-order valence-electron chi connectivity index (χ0n) is 27.3. The summed E-state index contributed by atoms with van der Waals surface area (Å²) in [5.41, 5.74) is 13.7. The van der Waals surface area contributed by atoms with Gasteiger partial charge < -0.3 is 20.4 Å². The molecule has 1 aliphatic heterocycles. The molecule has 6 rings (SSSR count). The quantitative estimate of drug-likeness (QED) is 0.183. The maximum Gasteiger partial charge on any atom is 0.335 e. The van der Waals surface area contributed by atoms with Gasteiger partial charge in [0, 0.05) is 36.7 Å². The van der Waals surface area contributed by atoms with Crippen LogP contribution < -0.4 is 10.2 Å². The van der Waals surface area contributed by atoms with Crippen molar-refractivity contribution >= 4 is 17.6 Å². The number of aromatic carboxylic acids is 1. The fourth-order valence-corrected chi connectivity index (χ4v) is 8.08. The Balaban J connectivity index is 1.46. The second kappa shape index (κ2) is 12.6. The van der Waals surface area contributed by atoms with Crippen LogP contribution in [0.5, 0.6) is 0 Å². The number of anilines is 1. The van der Waals surface area contributed by atoms with Crippen molar-refractivity contribution in [2.24, 2.45) is 34.2 Å². The summed E-state index contributed by atoms with van der Waals surface area (Å²) < 4.78 is 0. The van der Waals surface area contributed by atoms with E-state index in [1.54, 1.807) is 24.1 Å². The Kier molecular flexibility index (Phi) is 9.20. The molecule has 2 aromatic rings. The fraction of sp³-hybridized carbons (Fsp3) is 0.588. The topological polar surface area (TPSA) is 151 Å². The molecule has 45 heavy (non-hydrogen) atoms. The minimum atomic E-state index is -1.00. The minimum Gasteiger partial charge on any atom is -0.478 e. The summed E-state index contributed by atoms with van der Waals surface area (Å²) in [7, 11) is 3.74. The van der Waals surface area contributed by atoms with E-state index in [2.05, 4.69) is 36.1 Å². The van der Waals surface area contributed by atoms with Gasteiger partial charge in [0.2, 0.25) is 5.91 Å². The van der Waals surface area contributed by atoms with Gasteiger partial charge in [0.15, 0.2) is 0 Å². The molecule has 1 unspecified atom stereocenters. The van der Waals surface area contributed by atoms with Crippen LogP contribution in [-0.2, 0) is 16.2 Å². The first kappa shape index (κ1) is 32.8. The van der Waals surface area contributed by atoms with Crippen molar-refractivity contribution in [3.63, 3.8) is 0 Å². The molecule has 8 atom stereocenters. The Hall–Kier alpha value is -3.63. The molecular weight excluding hydrogens is 572 g/mol. The van der Waals surface area contributed by atoms with Crippen LogP contribution in [0.1, 0.15) is 62.0 Å². The van der Waals surface area contributed by atoms with Gasteiger partial charge >= 0.3 is 5.97 Å². The SMILES string of the molecule is Cc1c(CN2O[C@@H](CN=[N+]=[N-])[C@@H]([C@H](C)O)[C@H]2C(=O)NC2C[C@@H]3C[C@H]([C@@H]2C)C3(C)C)cccc1-c1cc(C(=O)O)cc(N(C)C)c1. The zero-order chi connectivity index (χ0) is 32.8. The maximum atomic E-state index is 14.1. The van der Waals surface area contributed by atoms with Crippen LogP contribution in [0.2, 0.25) is 0 Å². The van der Waals surface area contributed by atoms with E-state index >= 15 is 0 Å². The molecule has 0 spiro atoms. The summed E-state index contributed by atoms with van der Waals surface area (Å²) in [6, 6.07) is 10.3. The molecule has 3 aliphatic carbocycles. The number of rotatable bonds is 10. The number of aliphatic hydroxyl groups excluding tert-OH is 1. The number of aliphatic hydroxyl groups is 1. The number of carboxylic acids is 1. The number of hydroxylamine groups is 2. The van der Waals surface area contributed by atoms with Crippen LogP contribution in [0.3, 0.4) is 0 Å². The van der Waals surface area contributed by atoms with E-state index in [1.165, 1.54) is 6.42 Å². The van der Waals surface area contributed by atoms with E-state index in [0.29, 0.717) is 17.8 Å². The average Bonchev–Trinajstić information content (AvgIpc) is 3.35. The molecule has 1 amide bonds. The van der Waals surface area contributed by atoms with Gasteiger partial charge in [-0.05, 0) is 95.8 Å². The summed E-state index contributed by atoms with van der Waals surface area (Å²) >= 11 is 0. The molecular formula is C34H46N6O5. The predicted molar refractivity (Wildman–Crippen MR) is 172 cm³/mol. The molecule has 0 radical (unpaired) electrons. The van der Waals surface area contributed by atoms with E-state index in [0.717, 1.165) is 34.4 Å². The highest BCUT2D eigenvalue weighted by atomic mass is 16.7. The van der Waals surface area contributed by atoms with Crippen molar-refractivity contribution in [3.05, 3.63) is 63.5 Å². The van der Waals surface area contributed by atoms with E-state index in [4.69, 9.17) is 10.4 Å². The summed E-state index contributed by atoms with van der Waals surface area (Å²) in [5, 5.41) is 29.4. The Labute approximate surface area is 265 Å². The lowest BCUT2D eigenvalue weighted by atomic mass is 9.45. The molecule has 242 valence electrons. The van der Waals surface area contributed by atoms with Crippen LogP contribution in [0.4, 0.5) is 5.69 Å². The molecule has 1 heterocycles. The second-order valence-electron chi connectivity index (χ2n) is 14.0. The number of carbonyl (C=O) groups is 2. The zero-order valence-corrected chi connectivity index (χ0v) is 27.3. The number of fused-ring (bicyclic) bond motifs is 2. The molecule has 11 heteroatoms. The average molecular weight is 619 g/mol. The molecule has 4 aliphatic rings. The lowest BCUT2D eigenvalue weighted by molar-refractivity contribution is -0.175. The first-order chi connectivity index (χ1) is 21.2. The first-order valence-corrected chi connectivity index (χ1v) is 15.8. The summed E-state index contributed by atoms with van der Waals surface area (Å²) in [5.74, 6) is -0.348. The number of azide groups is 1. The van der Waals surface area contributed by atoms with Gasteiger partial charge in [-0.3, -0.25) is 9.63 Å². The standard InChI is InChI=1S/C34H46N6O5/c1-18-21(9-8-10-26(18)22-11-23(33(43)44)13-25(12-22)39(6)7)17-40-31(30(20(3)41)29(45-40)16-36-38-35)32(42)37-28-15-24-14-27(19(28)2)34(24,4)5/h8-13,19-20,24,27-31,41H,14-17H2,1-7H3,(H,37,42)(H,43,44)/t19-,20-,24-,27+,28?,29-,30+,31-/m0/s1. The van der Waals surface area contributed by atoms with Gasteiger partial charge in [0.25, 0.3) is 0 Å². The minimum absolute atomic E-state index is 0.0150. The molecule has 11 nitrogen and oxygen atoms in total. The van der Waals surface area contributed by atoms with E-state index < -0.39 is 30.1 Å².